The third-order valence-electron chi connectivity index (χ3n) is 3.69. The summed E-state index contributed by atoms with van der Waals surface area (Å²) in [5, 5.41) is 3.66. The number of aryl methyl sites for hydroxylation is 1. The Balaban J connectivity index is 1.81. The molecule has 0 amide bonds. The fraction of sp³-hybridized carbons (Fsp3) is 0.375. The Morgan fingerprint density at radius 1 is 1.17 bits per heavy atom. The highest BCUT2D eigenvalue weighted by Gasteiger charge is 2.19. The van der Waals surface area contributed by atoms with Gasteiger partial charge >= 0.3 is 0 Å². The molecule has 0 aliphatic carbocycles. The fourth-order valence-electron chi connectivity index (χ4n) is 2.70. The lowest BCUT2D eigenvalue weighted by atomic mass is 9.92. The summed E-state index contributed by atoms with van der Waals surface area (Å²) < 4.78 is 0. The quantitative estimate of drug-likeness (QED) is 0.883. The van der Waals surface area contributed by atoms with E-state index in [1.807, 2.05) is 11.3 Å². The highest BCUT2D eigenvalue weighted by atomic mass is 32.1. The predicted octanol–water partition coefficient (Wildman–Crippen LogP) is 3.74. The molecule has 2 aromatic rings. The van der Waals surface area contributed by atoms with E-state index in [9.17, 15) is 0 Å². The lowest BCUT2D eigenvalue weighted by Gasteiger charge is -2.26. The SMILES string of the molecule is CCc1ccc(CC2NCCc3ccccc32)s1. The average Bonchev–Trinajstić information content (AvgIpc) is 2.87. The maximum absolute atomic E-state index is 3.66. The van der Waals surface area contributed by atoms with Crippen LogP contribution in [0, 0.1) is 0 Å². The van der Waals surface area contributed by atoms with Gasteiger partial charge in [0.25, 0.3) is 0 Å². The van der Waals surface area contributed by atoms with Crippen LogP contribution in [-0.4, -0.2) is 6.54 Å². The Morgan fingerprint density at radius 2 is 2.00 bits per heavy atom. The average molecular weight is 257 g/mol. The Labute approximate surface area is 113 Å². The minimum Gasteiger partial charge on any atom is -0.309 e. The van der Waals surface area contributed by atoms with Gasteiger partial charge in [0.1, 0.15) is 0 Å². The highest BCUT2D eigenvalue weighted by Crippen LogP contribution is 2.28. The number of hydrogen-bond donors (Lipinski definition) is 1. The van der Waals surface area contributed by atoms with Crippen molar-refractivity contribution >= 4 is 11.3 Å². The lowest BCUT2D eigenvalue weighted by Crippen LogP contribution is -2.30. The molecule has 18 heavy (non-hydrogen) atoms. The van der Waals surface area contributed by atoms with Gasteiger partial charge in [-0.3, -0.25) is 0 Å². The van der Waals surface area contributed by atoms with Crippen molar-refractivity contribution in [1.29, 1.82) is 0 Å². The second-order valence-electron chi connectivity index (χ2n) is 4.88. The van der Waals surface area contributed by atoms with Crippen molar-refractivity contribution in [3.63, 3.8) is 0 Å². The molecule has 1 aromatic heterocycles. The molecule has 1 aliphatic heterocycles. The maximum atomic E-state index is 3.66. The van der Waals surface area contributed by atoms with Crippen LogP contribution < -0.4 is 5.32 Å². The van der Waals surface area contributed by atoms with E-state index in [1.54, 1.807) is 0 Å². The van der Waals surface area contributed by atoms with Crippen LogP contribution in [0.5, 0.6) is 0 Å². The first-order valence-corrected chi connectivity index (χ1v) is 7.57. The van der Waals surface area contributed by atoms with E-state index in [1.165, 1.54) is 20.9 Å². The molecule has 0 spiro atoms. The van der Waals surface area contributed by atoms with E-state index in [2.05, 4.69) is 48.6 Å². The van der Waals surface area contributed by atoms with Gasteiger partial charge in [-0.1, -0.05) is 31.2 Å². The summed E-state index contributed by atoms with van der Waals surface area (Å²) in [5.41, 5.74) is 3.02. The maximum Gasteiger partial charge on any atom is 0.0371 e. The zero-order chi connectivity index (χ0) is 12.4. The van der Waals surface area contributed by atoms with Crippen LogP contribution in [0.3, 0.4) is 0 Å². The molecular formula is C16H19NS. The summed E-state index contributed by atoms with van der Waals surface area (Å²) in [6.45, 7) is 3.33. The van der Waals surface area contributed by atoms with Crippen LogP contribution in [0.25, 0.3) is 0 Å². The van der Waals surface area contributed by atoms with Crippen molar-refractivity contribution in [2.24, 2.45) is 0 Å². The molecular weight excluding hydrogens is 238 g/mol. The van der Waals surface area contributed by atoms with E-state index >= 15 is 0 Å². The number of hydrogen-bond acceptors (Lipinski definition) is 2. The van der Waals surface area contributed by atoms with Gasteiger partial charge in [-0.15, -0.1) is 11.3 Å². The Bertz CT molecular complexity index is 529. The molecule has 1 atom stereocenters. The smallest absolute Gasteiger partial charge is 0.0371 e. The summed E-state index contributed by atoms with van der Waals surface area (Å²) in [6, 6.07) is 13.9. The molecule has 1 unspecified atom stereocenters. The number of fused-ring (bicyclic) bond motifs is 1. The molecule has 1 aromatic carbocycles. The van der Waals surface area contributed by atoms with Crippen LogP contribution in [0.4, 0.5) is 0 Å². The number of thiophene rings is 1. The summed E-state index contributed by atoms with van der Waals surface area (Å²) in [4.78, 5) is 3.00. The summed E-state index contributed by atoms with van der Waals surface area (Å²) in [7, 11) is 0. The molecule has 2 heterocycles. The van der Waals surface area contributed by atoms with Crippen molar-refractivity contribution in [3.05, 3.63) is 57.3 Å². The zero-order valence-corrected chi connectivity index (χ0v) is 11.6. The summed E-state index contributed by atoms with van der Waals surface area (Å²) >= 11 is 1.96. The topological polar surface area (TPSA) is 12.0 Å². The minimum absolute atomic E-state index is 0.498. The monoisotopic (exact) mass is 257 g/mol. The molecule has 1 nitrogen and oxygen atoms in total. The highest BCUT2D eigenvalue weighted by molar-refractivity contribution is 7.11. The Morgan fingerprint density at radius 3 is 2.83 bits per heavy atom. The normalized spacial score (nSPS) is 18.6. The van der Waals surface area contributed by atoms with E-state index in [4.69, 9.17) is 0 Å². The van der Waals surface area contributed by atoms with E-state index in [0.717, 1.165) is 25.8 Å². The second kappa shape index (κ2) is 5.25. The van der Waals surface area contributed by atoms with Crippen molar-refractivity contribution in [3.8, 4) is 0 Å². The Hall–Kier alpha value is -1.12. The largest absolute Gasteiger partial charge is 0.309 e. The molecule has 94 valence electrons. The van der Waals surface area contributed by atoms with Crippen molar-refractivity contribution in [2.75, 3.05) is 6.54 Å². The first-order chi connectivity index (χ1) is 8.86. The lowest BCUT2D eigenvalue weighted by molar-refractivity contribution is 0.505. The first-order valence-electron chi connectivity index (χ1n) is 6.75. The summed E-state index contributed by atoms with van der Waals surface area (Å²) in [5.74, 6) is 0. The second-order valence-corrected chi connectivity index (χ2v) is 6.13. The van der Waals surface area contributed by atoms with E-state index in [-0.39, 0.29) is 0 Å². The molecule has 0 bridgehead atoms. The van der Waals surface area contributed by atoms with Crippen molar-refractivity contribution < 1.29 is 0 Å². The summed E-state index contributed by atoms with van der Waals surface area (Å²) in [6.07, 6.45) is 3.44. The van der Waals surface area contributed by atoms with Crippen molar-refractivity contribution in [1.82, 2.24) is 5.32 Å². The van der Waals surface area contributed by atoms with Crippen LogP contribution in [0.2, 0.25) is 0 Å². The van der Waals surface area contributed by atoms with Crippen molar-refractivity contribution in [2.45, 2.75) is 32.2 Å². The molecule has 1 aliphatic rings. The molecule has 3 rings (SSSR count). The standard InChI is InChI=1S/C16H19NS/c1-2-13-7-8-14(18-13)11-16-15-6-4-3-5-12(15)9-10-17-16/h3-8,16-17H,2,9-11H2,1H3. The molecule has 0 saturated heterocycles. The van der Waals surface area contributed by atoms with Gasteiger partial charge < -0.3 is 5.32 Å². The predicted molar refractivity (Wildman–Crippen MR) is 78.3 cm³/mol. The first kappa shape index (κ1) is 11.9. The third-order valence-corrected chi connectivity index (χ3v) is 4.94. The van der Waals surface area contributed by atoms with E-state index < -0.39 is 0 Å². The third kappa shape index (κ3) is 2.36. The number of rotatable bonds is 3. The fourth-order valence-corrected chi connectivity index (χ4v) is 3.70. The van der Waals surface area contributed by atoms with Crippen LogP contribution in [0.1, 0.15) is 33.8 Å². The van der Waals surface area contributed by atoms with Gasteiger partial charge in [0.05, 0.1) is 0 Å². The molecule has 1 N–H and O–H groups in total. The van der Waals surface area contributed by atoms with Crippen LogP contribution >= 0.6 is 11.3 Å². The van der Waals surface area contributed by atoms with Gasteiger partial charge in [0.15, 0.2) is 0 Å². The van der Waals surface area contributed by atoms with Crippen LogP contribution in [-0.2, 0) is 19.3 Å². The molecule has 2 heteroatoms. The van der Waals surface area contributed by atoms with Gasteiger partial charge in [-0.25, -0.2) is 0 Å². The zero-order valence-electron chi connectivity index (χ0n) is 10.8. The van der Waals surface area contributed by atoms with E-state index in [0.29, 0.717) is 6.04 Å². The van der Waals surface area contributed by atoms with Gasteiger partial charge in [0.2, 0.25) is 0 Å². The molecule has 0 saturated carbocycles. The number of benzene rings is 1. The minimum atomic E-state index is 0.498. The van der Waals surface area contributed by atoms with Crippen LogP contribution in [0.15, 0.2) is 36.4 Å². The van der Waals surface area contributed by atoms with Gasteiger partial charge in [-0.2, -0.15) is 0 Å². The van der Waals surface area contributed by atoms with Gasteiger partial charge in [0, 0.05) is 22.2 Å². The molecule has 0 radical (unpaired) electrons. The molecule has 0 fully saturated rings. The Kier molecular flexibility index (Phi) is 3.48. The van der Waals surface area contributed by atoms with Gasteiger partial charge in [-0.05, 0) is 42.6 Å². The number of nitrogens with one attached hydrogen (secondary N) is 1.